The zero-order valence-electron chi connectivity index (χ0n) is 8.08. The Kier molecular flexibility index (Phi) is 3.74. The van der Waals surface area contributed by atoms with Crippen molar-refractivity contribution in [3.63, 3.8) is 0 Å². The highest BCUT2D eigenvalue weighted by atomic mass is 16.5. The fourth-order valence-electron chi connectivity index (χ4n) is 1.64. The summed E-state index contributed by atoms with van der Waals surface area (Å²) >= 11 is 0. The van der Waals surface area contributed by atoms with Crippen molar-refractivity contribution in [2.75, 3.05) is 7.11 Å². The van der Waals surface area contributed by atoms with E-state index in [1.807, 2.05) is 6.08 Å². The SMILES string of the molecule is C=CCCC1CC(=O)C=C(OC)C1. The molecule has 0 saturated carbocycles. The second kappa shape index (κ2) is 4.85. The van der Waals surface area contributed by atoms with Gasteiger partial charge in [0.15, 0.2) is 5.78 Å². The van der Waals surface area contributed by atoms with Crippen LogP contribution in [0, 0.1) is 5.92 Å². The molecule has 1 aliphatic carbocycles. The summed E-state index contributed by atoms with van der Waals surface area (Å²) in [6, 6.07) is 0. The van der Waals surface area contributed by atoms with Crippen LogP contribution in [0.5, 0.6) is 0 Å². The zero-order chi connectivity index (χ0) is 9.68. The molecule has 0 radical (unpaired) electrons. The summed E-state index contributed by atoms with van der Waals surface area (Å²) < 4.78 is 5.09. The predicted molar refractivity (Wildman–Crippen MR) is 52.3 cm³/mol. The van der Waals surface area contributed by atoms with Crippen LogP contribution < -0.4 is 0 Å². The predicted octanol–water partition coefficient (Wildman–Crippen LogP) is 2.46. The maximum absolute atomic E-state index is 11.2. The standard InChI is InChI=1S/C11H16O2/c1-3-4-5-9-6-10(12)8-11(7-9)13-2/h3,8-9H,1,4-7H2,2H3. The maximum Gasteiger partial charge on any atom is 0.159 e. The maximum atomic E-state index is 11.2. The Labute approximate surface area is 79.3 Å². The number of hydrogen-bond donors (Lipinski definition) is 0. The van der Waals surface area contributed by atoms with Crippen LogP contribution in [0.15, 0.2) is 24.5 Å². The minimum absolute atomic E-state index is 0.192. The lowest BCUT2D eigenvalue weighted by Gasteiger charge is -2.20. The van der Waals surface area contributed by atoms with Crippen LogP contribution >= 0.6 is 0 Å². The van der Waals surface area contributed by atoms with Crippen molar-refractivity contribution in [3.8, 4) is 0 Å². The first-order valence-corrected chi connectivity index (χ1v) is 4.64. The average Bonchev–Trinajstić information content (AvgIpc) is 2.14. The Morgan fingerprint density at radius 1 is 1.69 bits per heavy atom. The van der Waals surface area contributed by atoms with E-state index in [4.69, 9.17) is 4.74 Å². The quantitative estimate of drug-likeness (QED) is 0.621. The molecule has 1 aliphatic rings. The van der Waals surface area contributed by atoms with Gasteiger partial charge in [-0.25, -0.2) is 0 Å². The van der Waals surface area contributed by atoms with E-state index in [1.165, 1.54) is 0 Å². The molecule has 0 spiro atoms. The summed E-state index contributed by atoms with van der Waals surface area (Å²) in [6.45, 7) is 3.67. The third-order valence-corrected chi connectivity index (χ3v) is 2.34. The second-order valence-corrected chi connectivity index (χ2v) is 3.42. The van der Waals surface area contributed by atoms with E-state index in [-0.39, 0.29) is 5.78 Å². The molecule has 0 aromatic heterocycles. The van der Waals surface area contributed by atoms with Crippen LogP contribution in [-0.4, -0.2) is 12.9 Å². The molecule has 0 amide bonds. The molecule has 13 heavy (non-hydrogen) atoms. The molecule has 0 N–H and O–H groups in total. The fraction of sp³-hybridized carbons (Fsp3) is 0.545. The number of methoxy groups -OCH3 is 1. The summed E-state index contributed by atoms with van der Waals surface area (Å²) in [5, 5.41) is 0. The molecule has 1 unspecified atom stereocenters. The van der Waals surface area contributed by atoms with Crippen LogP contribution in [-0.2, 0) is 9.53 Å². The van der Waals surface area contributed by atoms with Gasteiger partial charge in [-0.2, -0.15) is 0 Å². The van der Waals surface area contributed by atoms with Gasteiger partial charge >= 0.3 is 0 Å². The number of ketones is 1. The molecule has 0 fully saturated rings. The monoisotopic (exact) mass is 180 g/mol. The highest BCUT2D eigenvalue weighted by Gasteiger charge is 2.20. The molecule has 2 nitrogen and oxygen atoms in total. The lowest BCUT2D eigenvalue weighted by molar-refractivity contribution is -0.116. The minimum Gasteiger partial charge on any atom is -0.501 e. The van der Waals surface area contributed by atoms with Crippen LogP contribution in [0.4, 0.5) is 0 Å². The van der Waals surface area contributed by atoms with Gasteiger partial charge in [0.25, 0.3) is 0 Å². The van der Waals surface area contributed by atoms with E-state index >= 15 is 0 Å². The Morgan fingerprint density at radius 3 is 3.08 bits per heavy atom. The van der Waals surface area contributed by atoms with Crippen molar-refractivity contribution in [1.82, 2.24) is 0 Å². The van der Waals surface area contributed by atoms with E-state index in [1.54, 1.807) is 13.2 Å². The molecule has 1 rings (SSSR count). The summed E-state index contributed by atoms with van der Waals surface area (Å²) in [4.78, 5) is 11.2. The van der Waals surface area contributed by atoms with Gasteiger partial charge in [0, 0.05) is 18.9 Å². The topological polar surface area (TPSA) is 26.3 Å². The van der Waals surface area contributed by atoms with E-state index in [9.17, 15) is 4.79 Å². The number of carbonyl (C=O) groups excluding carboxylic acids is 1. The third-order valence-electron chi connectivity index (χ3n) is 2.34. The van der Waals surface area contributed by atoms with Gasteiger partial charge < -0.3 is 4.74 Å². The molecule has 2 heteroatoms. The van der Waals surface area contributed by atoms with Crippen LogP contribution in [0.2, 0.25) is 0 Å². The number of ether oxygens (including phenoxy) is 1. The molecule has 0 saturated heterocycles. The first-order chi connectivity index (χ1) is 6.26. The number of allylic oxidation sites excluding steroid dienone is 3. The Balaban J connectivity index is 2.48. The molecule has 1 atom stereocenters. The Hall–Kier alpha value is -1.05. The molecule has 0 aliphatic heterocycles. The lowest BCUT2D eigenvalue weighted by atomic mass is 9.88. The molecular weight excluding hydrogens is 164 g/mol. The van der Waals surface area contributed by atoms with E-state index in [0.29, 0.717) is 12.3 Å². The number of rotatable bonds is 4. The van der Waals surface area contributed by atoms with E-state index in [2.05, 4.69) is 6.58 Å². The fourth-order valence-corrected chi connectivity index (χ4v) is 1.64. The zero-order valence-corrected chi connectivity index (χ0v) is 8.08. The molecule has 0 bridgehead atoms. The van der Waals surface area contributed by atoms with Crippen molar-refractivity contribution >= 4 is 5.78 Å². The average molecular weight is 180 g/mol. The largest absolute Gasteiger partial charge is 0.501 e. The highest BCUT2D eigenvalue weighted by Crippen LogP contribution is 2.26. The van der Waals surface area contributed by atoms with Gasteiger partial charge in [-0.3, -0.25) is 4.79 Å². The van der Waals surface area contributed by atoms with E-state index in [0.717, 1.165) is 25.0 Å². The smallest absolute Gasteiger partial charge is 0.159 e. The third kappa shape index (κ3) is 3.05. The summed E-state index contributed by atoms with van der Waals surface area (Å²) in [5.41, 5.74) is 0. The van der Waals surface area contributed by atoms with Gasteiger partial charge in [-0.15, -0.1) is 6.58 Å². The van der Waals surface area contributed by atoms with E-state index < -0.39 is 0 Å². The van der Waals surface area contributed by atoms with Crippen molar-refractivity contribution in [2.24, 2.45) is 5.92 Å². The first-order valence-electron chi connectivity index (χ1n) is 4.64. The second-order valence-electron chi connectivity index (χ2n) is 3.42. The van der Waals surface area contributed by atoms with Gasteiger partial charge in [0.1, 0.15) is 0 Å². The molecule has 72 valence electrons. The molecule has 0 aromatic rings. The Bertz CT molecular complexity index is 228. The van der Waals surface area contributed by atoms with Crippen molar-refractivity contribution in [3.05, 3.63) is 24.5 Å². The number of hydrogen-bond acceptors (Lipinski definition) is 2. The summed E-state index contributed by atoms with van der Waals surface area (Å²) in [7, 11) is 1.62. The van der Waals surface area contributed by atoms with Crippen molar-refractivity contribution in [1.29, 1.82) is 0 Å². The Morgan fingerprint density at radius 2 is 2.46 bits per heavy atom. The summed E-state index contributed by atoms with van der Waals surface area (Å²) in [6.07, 6.45) is 7.10. The highest BCUT2D eigenvalue weighted by molar-refractivity contribution is 5.91. The molecular formula is C11H16O2. The van der Waals surface area contributed by atoms with Gasteiger partial charge in [0.2, 0.25) is 0 Å². The lowest BCUT2D eigenvalue weighted by Crippen LogP contribution is -2.14. The summed E-state index contributed by atoms with van der Waals surface area (Å²) in [5.74, 6) is 1.47. The van der Waals surface area contributed by atoms with Crippen molar-refractivity contribution < 1.29 is 9.53 Å². The molecule has 0 aromatic carbocycles. The molecule has 0 heterocycles. The number of carbonyl (C=O) groups is 1. The van der Waals surface area contributed by atoms with Gasteiger partial charge in [0.05, 0.1) is 12.9 Å². The first kappa shape index (κ1) is 10.0. The normalized spacial score (nSPS) is 22.4. The van der Waals surface area contributed by atoms with Gasteiger partial charge in [-0.1, -0.05) is 6.08 Å². The van der Waals surface area contributed by atoms with Crippen LogP contribution in [0.25, 0.3) is 0 Å². The van der Waals surface area contributed by atoms with Crippen LogP contribution in [0.3, 0.4) is 0 Å². The van der Waals surface area contributed by atoms with Crippen molar-refractivity contribution in [2.45, 2.75) is 25.7 Å². The van der Waals surface area contributed by atoms with Crippen LogP contribution in [0.1, 0.15) is 25.7 Å². The minimum atomic E-state index is 0.192. The van der Waals surface area contributed by atoms with Gasteiger partial charge in [-0.05, 0) is 18.8 Å².